The summed E-state index contributed by atoms with van der Waals surface area (Å²) in [7, 11) is 0. The number of hydrogen-bond donors (Lipinski definition) is 1. The van der Waals surface area contributed by atoms with E-state index in [0.717, 1.165) is 23.8 Å². The second-order valence-corrected chi connectivity index (χ2v) is 5.38. The van der Waals surface area contributed by atoms with Crippen molar-refractivity contribution in [3.8, 4) is 6.07 Å². The number of nitrogens with one attached hydrogen (secondary N) is 1. The quantitative estimate of drug-likeness (QED) is 0.709. The van der Waals surface area contributed by atoms with Gasteiger partial charge in [0, 0.05) is 25.3 Å². The zero-order chi connectivity index (χ0) is 11.7. The Morgan fingerprint density at radius 2 is 2.47 bits per heavy atom. The summed E-state index contributed by atoms with van der Waals surface area (Å²) in [5.74, 6) is 1.05. The summed E-state index contributed by atoms with van der Waals surface area (Å²) in [6.07, 6.45) is 5.45. The van der Waals surface area contributed by atoms with Gasteiger partial charge in [-0.25, -0.2) is 4.98 Å². The lowest BCUT2D eigenvalue weighted by Gasteiger charge is -2.35. The Balaban J connectivity index is 2.01. The lowest BCUT2D eigenvalue weighted by atomic mass is 10.0. The lowest BCUT2D eigenvalue weighted by molar-refractivity contribution is 0.456. The van der Waals surface area contributed by atoms with E-state index in [1.165, 1.54) is 19.3 Å². The fourth-order valence-corrected chi connectivity index (χ4v) is 3.37. The van der Waals surface area contributed by atoms with Crippen LogP contribution in [0.25, 0.3) is 0 Å². The van der Waals surface area contributed by atoms with Crippen molar-refractivity contribution in [1.29, 1.82) is 5.26 Å². The summed E-state index contributed by atoms with van der Waals surface area (Å²) in [4.78, 5) is 7.95. The highest BCUT2D eigenvalue weighted by Gasteiger charge is 2.28. The van der Waals surface area contributed by atoms with Gasteiger partial charge in [0.1, 0.15) is 11.9 Å². The molecular weight excluding hydrogens is 232 g/mol. The van der Waals surface area contributed by atoms with Gasteiger partial charge in [-0.05, 0) is 37.3 Å². The molecule has 2 aliphatic heterocycles. The maximum atomic E-state index is 8.91. The molecule has 0 saturated carbocycles. The summed E-state index contributed by atoms with van der Waals surface area (Å²) in [5.41, 5.74) is 0.633. The molecule has 0 bridgehead atoms. The van der Waals surface area contributed by atoms with Gasteiger partial charge in [-0.2, -0.15) is 5.26 Å². The number of rotatable bonds is 0. The predicted molar refractivity (Wildman–Crippen MR) is 67.8 cm³/mol. The average molecular weight is 246 g/mol. The molecular formula is C12H14N4S. The number of anilines is 1. The van der Waals surface area contributed by atoms with Crippen LogP contribution in [-0.2, 0) is 0 Å². The van der Waals surface area contributed by atoms with Gasteiger partial charge in [0.25, 0.3) is 0 Å². The molecule has 4 nitrogen and oxygen atoms in total. The van der Waals surface area contributed by atoms with Crippen LogP contribution < -0.4 is 9.62 Å². The molecule has 1 aromatic rings. The van der Waals surface area contributed by atoms with Gasteiger partial charge >= 0.3 is 0 Å². The van der Waals surface area contributed by atoms with Crippen molar-refractivity contribution in [2.75, 3.05) is 18.0 Å². The Hall–Kier alpha value is -1.25. The first-order chi connectivity index (χ1) is 8.38. The predicted octanol–water partition coefficient (Wildman–Crippen LogP) is 1.92. The van der Waals surface area contributed by atoms with Crippen molar-refractivity contribution < 1.29 is 0 Å². The van der Waals surface area contributed by atoms with E-state index in [9.17, 15) is 0 Å². The highest BCUT2D eigenvalue weighted by atomic mass is 32.2. The van der Waals surface area contributed by atoms with Gasteiger partial charge in [0.2, 0.25) is 0 Å². The van der Waals surface area contributed by atoms with Crippen molar-refractivity contribution in [3.63, 3.8) is 0 Å². The summed E-state index contributed by atoms with van der Waals surface area (Å²) < 4.78 is 3.38. The maximum absolute atomic E-state index is 8.91. The largest absolute Gasteiger partial charge is 0.351 e. The van der Waals surface area contributed by atoms with Gasteiger partial charge in [-0.15, -0.1) is 0 Å². The third-order valence-corrected chi connectivity index (χ3v) is 4.19. The van der Waals surface area contributed by atoms with Crippen molar-refractivity contribution in [1.82, 2.24) is 9.71 Å². The summed E-state index contributed by atoms with van der Waals surface area (Å²) >= 11 is 1.60. The van der Waals surface area contributed by atoms with Crippen molar-refractivity contribution in [2.45, 2.75) is 30.2 Å². The molecule has 1 unspecified atom stereocenters. The molecule has 17 heavy (non-hydrogen) atoms. The van der Waals surface area contributed by atoms with Crippen molar-refractivity contribution in [3.05, 3.63) is 17.8 Å². The SMILES string of the molecule is N#Cc1cnc2c(c1)SNCC1CCCCN21. The Morgan fingerprint density at radius 1 is 1.53 bits per heavy atom. The van der Waals surface area contributed by atoms with E-state index >= 15 is 0 Å². The van der Waals surface area contributed by atoms with E-state index in [1.807, 2.05) is 6.07 Å². The highest BCUT2D eigenvalue weighted by molar-refractivity contribution is 7.97. The second-order valence-electron chi connectivity index (χ2n) is 4.45. The van der Waals surface area contributed by atoms with E-state index in [1.54, 1.807) is 18.1 Å². The second kappa shape index (κ2) is 4.55. The van der Waals surface area contributed by atoms with Crippen LogP contribution in [-0.4, -0.2) is 24.1 Å². The molecule has 1 N–H and O–H groups in total. The number of nitrogens with zero attached hydrogens (tertiary/aromatic N) is 3. The van der Waals surface area contributed by atoms with Gasteiger partial charge in [-0.1, -0.05) is 0 Å². The number of piperidine rings is 1. The molecule has 1 atom stereocenters. The first kappa shape index (κ1) is 10.9. The van der Waals surface area contributed by atoms with Crippen LogP contribution in [0.3, 0.4) is 0 Å². The number of nitriles is 1. The van der Waals surface area contributed by atoms with Crippen LogP contribution in [0.1, 0.15) is 24.8 Å². The molecule has 0 aliphatic carbocycles. The summed E-state index contributed by atoms with van der Waals surface area (Å²) in [6.45, 7) is 2.07. The molecule has 1 aromatic heterocycles. The number of aromatic nitrogens is 1. The van der Waals surface area contributed by atoms with Gasteiger partial charge < -0.3 is 4.90 Å². The Bertz CT molecular complexity index is 468. The first-order valence-corrected chi connectivity index (χ1v) is 6.76. The number of fused-ring (bicyclic) bond motifs is 3. The van der Waals surface area contributed by atoms with E-state index in [2.05, 4.69) is 20.7 Å². The van der Waals surface area contributed by atoms with Crippen LogP contribution in [0.15, 0.2) is 17.2 Å². The highest BCUT2D eigenvalue weighted by Crippen LogP contribution is 2.34. The zero-order valence-corrected chi connectivity index (χ0v) is 10.3. The lowest BCUT2D eigenvalue weighted by Crippen LogP contribution is -2.43. The van der Waals surface area contributed by atoms with E-state index in [-0.39, 0.29) is 0 Å². The monoisotopic (exact) mass is 246 g/mol. The molecule has 5 heteroatoms. The van der Waals surface area contributed by atoms with Crippen LogP contribution in [0, 0.1) is 11.3 Å². The third-order valence-electron chi connectivity index (χ3n) is 3.36. The first-order valence-electron chi connectivity index (χ1n) is 5.95. The van der Waals surface area contributed by atoms with Crippen molar-refractivity contribution in [2.24, 2.45) is 0 Å². The Labute approximate surface area is 105 Å². The molecule has 3 rings (SSSR count). The van der Waals surface area contributed by atoms with Gasteiger partial charge in [0.05, 0.1) is 10.5 Å². The Kier molecular flexibility index (Phi) is 2.91. The molecule has 0 aromatic carbocycles. The van der Waals surface area contributed by atoms with E-state index in [0.29, 0.717) is 11.6 Å². The minimum Gasteiger partial charge on any atom is -0.351 e. The van der Waals surface area contributed by atoms with E-state index in [4.69, 9.17) is 5.26 Å². The molecule has 88 valence electrons. The number of pyridine rings is 1. The van der Waals surface area contributed by atoms with Crippen LogP contribution in [0.5, 0.6) is 0 Å². The van der Waals surface area contributed by atoms with Crippen LogP contribution in [0.4, 0.5) is 5.82 Å². The van der Waals surface area contributed by atoms with Gasteiger partial charge in [0.15, 0.2) is 0 Å². The normalized spacial score (nSPS) is 23.2. The molecule has 1 fully saturated rings. The fourth-order valence-electron chi connectivity index (χ4n) is 2.50. The molecule has 0 spiro atoms. The zero-order valence-electron chi connectivity index (χ0n) is 9.52. The minimum absolute atomic E-state index is 0.554. The fraction of sp³-hybridized carbons (Fsp3) is 0.500. The molecule has 3 heterocycles. The molecule has 2 aliphatic rings. The standard InChI is InChI=1S/C12H14N4S/c13-6-9-5-11-12(14-7-9)16-4-2-1-3-10(16)8-15-17-11/h5,7,10,15H,1-4,8H2. The smallest absolute Gasteiger partial charge is 0.143 e. The molecule has 0 amide bonds. The molecule has 1 saturated heterocycles. The summed E-state index contributed by atoms with van der Waals surface area (Å²) in [6, 6.07) is 4.63. The van der Waals surface area contributed by atoms with Gasteiger partial charge in [-0.3, -0.25) is 4.72 Å². The maximum Gasteiger partial charge on any atom is 0.143 e. The number of hydrogen-bond acceptors (Lipinski definition) is 5. The van der Waals surface area contributed by atoms with Crippen LogP contribution >= 0.6 is 11.9 Å². The summed E-state index contributed by atoms with van der Waals surface area (Å²) in [5, 5.41) is 8.91. The van der Waals surface area contributed by atoms with Crippen LogP contribution in [0.2, 0.25) is 0 Å². The third kappa shape index (κ3) is 1.99. The van der Waals surface area contributed by atoms with E-state index < -0.39 is 0 Å². The Morgan fingerprint density at radius 3 is 3.35 bits per heavy atom. The minimum atomic E-state index is 0.554. The topological polar surface area (TPSA) is 52.0 Å². The average Bonchev–Trinajstić information content (AvgIpc) is 2.57. The molecule has 0 radical (unpaired) electrons. The van der Waals surface area contributed by atoms with Crippen molar-refractivity contribution >= 4 is 17.8 Å².